The fourth-order valence-electron chi connectivity index (χ4n) is 2.90. The van der Waals surface area contributed by atoms with Gasteiger partial charge in [-0.05, 0) is 31.4 Å². The van der Waals surface area contributed by atoms with Gasteiger partial charge in [0.15, 0.2) is 0 Å². The molecule has 1 aliphatic heterocycles. The van der Waals surface area contributed by atoms with Crippen molar-refractivity contribution in [2.45, 2.75) is 31.7 Å². The monoisotopic (exact) mass is 296 g/mol. The van der Waals surface area contributed by atoms with Crippen molar-refractivity contribution in [1.29, 1.82) is 0 Å². The Labute approximate surface area is 122 Å². The molecule has 0 bridgehead atoms. The van der Waals surface area contributed by atoms with Crippen LogP contribution in [0.5, 0.6) is 0 Å². The van der Waals surface area contributed by atoms with Crippen LogP contribution in [-0.2, 0) is 10.0 Å². The number of hydrogen-bond acceptors (Lipinski definition) is 3. The summed E-state index contributed by atoms with van der Waals surface area (Å²) < 4.78 is 26.9. The Morgan fingerprint density at radius 1 is 1.35 bits per heavy atom. The molecular weight excluding hydrogens is 272 g/mol. The standard InChI is InChI=1S/C15H24N2O2S/c1-13(14-7-4-3-5-8-14)12-20(18,19)17-10-6-9-15(17)11-16-2/h3-5,7-8,13,15-16H,6,9-12H2,1-2H3. The van der Waals surface area contributed by atoms with Crippen molar-refractivity contribution in [2.24, 2.45) is 0 Å². The molecule has 2 rings (SSSR count). The van der Waals surface area contributed by atoms with Crippen LogP contribution in [0.15, 0.2) is 30.3 Å². The molecule has 1 aliphatic rings. The zero-order valence-corrected chi connectivity index (χ0v) is 13.1. The Kier molecular flexibility index (Phi) is 5.18. The van der Waals surface area contributed by atoms with Crippen molar-refractivity contribution in [1.82, 2.24) is 9.62 Å². The van der Waals surface area contributed by atoms with Gasteiger partial charge >= 0.3 is 0 Å². The molecule has 20 heavy (non-hydrogen) atoms. The van der Waals surface area contributed by atoms with Gasteiger partial charge in [0.25, 0.3) is 0 Å². The van der Waals surface area contributed by atoms with Gasteiger partial charge in [0.1, 0.15) is 0 Å². The molecule has 1 saturated heterocycles. The molecule has 1 fully saturated rings. The topological polar surface area (TPSA) is 49.4 Å². The molecule has 1 N–H and O–H groups in total. The molecule has 0 amide bonds. The quantitative estimate of drug-likeness (QED) is 0.871. The number of sulfonamides is 1. The van der Waals surface area contributed by atoms with Crippen molar-refractivity contribution in [3.8, 4) is 0 Å². The summed E-state index contributed by atoms with van der Waals surface area (Å²) in [6, 6.07) is 9.97. The van der Waals surface area contributed by atoms with Crippen LogP contribution in [0.2, 0.25) is 0 Å². The maximum Gasteiger partial charge on any atom is 0.214 e. The molecule has 1 aromatic carbocycles. The lowest BCUT2D eigenvalue weighted by Crippen LogP contribution is -2.42. The lowest BCUT2D eigenvalue weighted by molar-refractivity contribution is 0.378. The number of nitrogens with zero attached hydrogens (tertiary/aromatic N) is 1. The van der Waals surface area contributed by atoms with Gasteiger partial charge in [-0.1, -0.05) is 37.3 Å². The summed E-state index contributed by atoms with van der Waals surface area (Å²) >= 11 is 0. The van der Waals surface area contributed by atoms with Gasteiger partial charge in [0.05, 0.1) is 5.75 Å². The Balaban J connectivity index is 2.07. The van der Waals surface area contributed by atoms with Gasteiger partial charge in [-0.25, -0.2) is 8.42 Å². The summed E-state index contributed by atoms with van der Waals surface area (Å²) in [6.07, 6.45) is 1.92. The molecule has 1 heterocycles. The fourth-order valence-corrected chi connectivity index (χ4v) is 4.96. The van der Waals surface area contributed by atoms with E-state index in [1.807, 2.05) is 44.3 Å². The van der Waals surface area contributed by atoms with E-state index in [-0.39, 0.29) is 17.7 Å². The van der Waals surface area contributed by atoms with Crippen molar-refractivity contribution in [2.75, 3.05) is 25.9 Å². The molecular formula is C15H24N2O2S. The Bertz CT molecular complexity index is 516. The van der Waals surface area contributed by atoms with Crippen LogP contribution in [0.3, 0.4) is 0 Å². The normalized spacial score (nSPS) is 22.0. The number of benzene rings is 1. The van der Waals surface area contributed by atoms with Gasteiger partial charge in [-0.3, -0.25) is 0 Å². The van der Waals surface area contributed by atoms with E-state index < -0.39 is 10.0 Å². The number of nitrogens with one attached hydrogen (secondary N) is 1. The Morgan fingerprint density at radius 2 is 2.05 bits per heavy atom. The highest BCUT2D eigenvalue weighted by atomic mass is 32.2. The van der Waals surface area contributed by atoms with Crippen molar-refractivity contribution < 1.29 is 8.42 Å². The highest BCUT2D eigenvalue weighted by molar-refractivity contribution is 7.89. The highest BCUT2D eigenvalue weighted by Crippen LogP contribution is 2.25. The molecule has 2 unspecified atom stereocenters. The average molecular weight is 296 g/mol. The van der Waals surface area contributed by atoms with Crippen molar-refractivity contribution >= 4 is 10.0 Å². The van der Waals surface area contributed by atoms with E-state index in [1.165, 1.54) is 0 Å². The Morgan fingerprint density at radius 3 is 2.70 bits per heavy atom. The number of likely N-dealkylation sites (N-methyl/N-ethyl adjacent to an activating group) is 1. The van der Waals surface area contributed by atoms with E-state index in [4.69, 9.17) is 0 Å². The summed E-state index contributed by atoms with van der Waals surface area (Å²) in [5.74, 6) is 0.217. The molecule has 0 aromatic heterocycles. The molecule has 0 saturated carbocycles. The van der Waals surface area contributed by atoms with E-state index >= 15 is 0 Å². The van der Waals surface area contributed by atoms with Crippen molar-refractivity contribution in [3.05, 3.63) is 35.9 Å². The molecule has 0 radical (unpaired) electrons. The maximum atomic E-state index is 12.6. The summed E-state index contributed by atoms with van der Waals surface area (Å²) in [4.78, 5) is 0. The largest absolute Gasteiger partial charge is 0.318 e. The predicted octanol–water partition coefficient (Wildman–Crippen LogP) is 1.80. The lowest BCUT2D eigenvalue weighted by Gasteiger charge is -2.25. The SMILES string of the molecule is CNCC1CCCN1S(=O)(=O)CC(C)c1ccccc1. The first kappa shape index (κ1) is 15.5. The van der Waals surface area contributed by atoms with Gasteiger partial charge in [0, 0.05) is 19.1 Å². The first-order valence-electron chi connectivity index (χ1n) is 7.23. The van der Waals surface area contributed by atoms with E-state index in [1.54, 1.807) is 4.31 Å². The average Bonchev–Trinajstić information content (AvgIpc) is 2.89. The molecule has 4 nitrogen and oxygen atoms in total. The minimum absolute atomic E-state index is 0.0250. The summed E-state index contributed by atoms with van der Waals surface area (Å²) in [6.45, 7) is 3.38. The van der Waals surface area contributed by atoms with Crippen LogP contribution >= 0.6 is 0 Å². The second-order valence-electron chi connectivity index (χ2n) is 5.55. The summed E-state index contributed by atoms with van der Waals surface area (Å²) in [5.41, 5.74) is 1.08. The van der Waals surface area contributed by atoms with Crippen LogP contribution in [0.4, 0.5) is 0 Å². The van der Waals surface area contributed by atoms with Gasteiger partial charge in [-0.2, -0.15) is 4.31 Å². The van der Waals surface area contributed by atoms with Gasteiger partial charge in [-0.15, -0.1) is 0 Å². The third-order valence-corrected chi connectivity index (χ3v) is 6.07. The third-order valence-electron chi connectivity index (χ3n) is 3.95. The third kappa shape index (κ3) is 3.59. The first-order valence-corrected chi connectivity index (χ1v) is 8.84. The zero-order valence-electron chi connectivity index (χ0n) is 12.2. The fraction of sp³-hybridized carbons (Fsp3) is 0.600. The highest BCUT2D eigenvalue weighted by Gasteiger charge is 2.34. The minimum Gasteiger partial charge on any atom is -0.318 e. The zero-order chi connectivity index (χ0) is 14.6. The predicted molar refractivity (Wildman–Crippen MR) is 82.3 cm³/mol. The molecule has 112 valence electrons. The number of hydrogen-bond donors (Lipinski definition) is 1. The smallest absolute Gasteiger partial charge is 0.214 e. The van der Waals surface area contributed by atoms with E-state index in [0.717, 1.165) is 24.9 Å². The molecule has 0 spiro atoms. The van der Waals surface area contributed by atoms with Crippen molar-refractivity contribution in [3.63, 3.8) is 0 Å². The van der Waals surface area contributed by atoms with Gasteiger partial charge in [0.2, 0.25) is 10.0 Å². The molecule has 2 atom stereocenters. The number of rotatable bonds is 6. The van der Waals surface area contributed by atoms with Crippen LogP contribution < -0.4 is 5.32 Å². The summed E-state index contributed by atoms with van der Waals surface area (Å²) in [5, 5.41) is 3.09. The van der Waals surface area contributed by atoms with Crippen LogP contribution in [-0.4, -0.2) is 44.7 Å². The molecule has 0 aliphatic carbocycles. The Hall–Kier alpha value is -0.910. The first-order chi connectivity index (χ1) is 9.54. The second-order valence-corrected chi connectivity index (χ2v) is 7.52. The van der Waals surface area contributed by atoms with Gasteiger partial charge < -0.3 is 5.32 Å². The lowest BCUT2D eigenvalue weighted by atomic mass is 10.0. The van der Waals surface area contributed by atoms with E-state index in [9.17, 15) is 8.42 Å². The minimum atomic E-state index is -3.19. The van der Waals surface area contributed by atoms with Crippen LogP contribution in [0.1, 0.15) is 31.2 Å². The molecule has 5 heteroatoms. The summed E-state index contributed by atoms with van der Waals surface area (Å²) in [7, 11) is -1.31. The molecule has 1 aromatic rings. The maximum absolute atomic E-state index is 12.6. The van der Waals surface area contributed by atoms with E-state index in [2.05, 4.69) is 5.32 Å². The van der Waals surface area contributed by atoms with E-state index in [0.29, 0.717) is 6.54 Å². The van der Waals surface area contributed by atoms with Crippen LogP contribution in [0, 0.1) is 0 Å². The second kappa shape index (κ2) is 6.70. The van der Waals surface area contributed by atoms with Crippen LogP contribution in [0.25, 0.3) is 0 Å².